The molecule has 2 aromatic rings. The molecule has 24 heavy (non-hydrogen) atoms. The number of hydrogen-bond acceptors (Lipinski definition) is 6. The molecule has 1 aromatic heterocycles. The minimum absolute atomic E-state index is 0.191. The second-order valence-electron chi connectivity index (χ2n) is 5.23. The molecular weight excluding hydrogens is 334 g/mol. The molecule has 1 aromatic carbocycles. The number of aryl methyl sites for hydroxylation is 1. The van der Waals surface area contributed by atoms with Crippen LogP contribution in [-0.4, -0.2) is 32.4 Å². The lowest BCUT2D eigenvalue weighted by Gasteiger charge is -2.04. The fraction of sp³-hybridized carbons (Fsp3) is 0.438. The summed E-state index contributed by atoms with van der Waals surface area (Å²) < 4.78 is 50.8. The van der Waals surface area contributed by atoms with Gasteiger partial charge in [-0.15, -0.1) is 0 Å². The van der Waals surface area contributed by atoms with Gasteiger partial charge in [0.25, 0.3) is 5.52 Å². The second-order valence-corrected chi connectivity index (χ2v) is 6.75. The molecule has 0 saturated carbocycles. The smallest absolute Gasteiger partial charge is 0.377 e. The van der Waals surface area contributed by atoms with Gasteiger partial charge in [0.2, 0.25) is 5.58 Å². The lowest BCUT2D eigenvalue weighted by molar-refractivity contribution is -0.677. The van der Waals surface area contributed by atoms with Crippen LogP contribution in [0.5, 0.6) is 5.75 Å². The summed E-state index contributed by atoms with van der Waals surface area (Å²) in [5, 5.41) is 0. The van der Waals surface area contributed by atoms with Crippen LogP contribution in [0.3, 0.4) is 0 Å². The molecule has 0 spiro atoms. The van der Waals surface area contributed by atoms with Crippen molar-refractivity contribution >= 4 is 27.3 Å². The summed E-state index contributed by atoms with van der Waals surface area (Å²) >= 11 is 0. The van der Waals surface area contributed by atoms with Crippen LogP contribution >= 0.6 is 0 Å². The highest BCUT2D eigenvalue weighted by Crippen LogP contribution is 2.21. The Morgan fingerprint density at radius 2 is 2.17 bits per heavy atom. The predicted octanol–water partition coefficient (Wildman–Crippen LogP) is 2.06. The first kappa shape index (κ1) is 18.3. The Morgan fingerprint density at radius 3 is 2.79 bits per heavy atom. The summed E-state index contributed by atoms with van der Waals surface area (Å²) in [7, 11) is -2.68. The zero-order valence-corrected chi connectivity index (χ0v) is 14.8. The summed E-state index contributed by atoms with van der Waals surface area (Å²) in [5.74, 6) is 1.43. The number of hydrogen-bond donors (Lipinski definition) is 0. The average molecular weight is 355 g/mol. The topological polar surface area (TPSA) is 92.7 Å². The zero-order valence-electron chi connectivity index (χ0n) is 13.9. The molecule has 0 aliphatic heterocycles. The molecule has 8 heteroatoms. The van der Waals surface area contributed by atoms with E-state index in [4.69, 9.17) is 13.9 Å². The number of nitrogens with zero attached hydrogens (tertiary/aromatic N) is 1. The summed E-state index contributed by atoms with van der Waals surface area (Å²) in [6.45, 7) is 4.55. The van der Waals surface area contributed by atoms with Crippen molar-refractivity contribution < 1.29 is 31.4 Å². The maximum absolute atomic E-state index is 10.8. The quantitative estimate of drug-likeness (QED) is 0.409. The van der Waals surface area contributed by atoms with Gasteiger partial charge >= 0.3 is 5.89 Å². The Morgan fingerprint density at radius 1 is 1.42 bits per heavy atom. The van der Waals surface area contributed by atoms with Gasteiger partial charge in [-0.05, 0) is 26.0 Å². The predicted molar refractivity (Wildman–Crippen MR) is 87.4 cm³/mol. The molecule has 0 unspecified atom stereocenters. The lowest BCUT2D eigenvalue weighted by atomic mass is 10.3. The molecule has 0 bridgehead atoms. The van der Waals surface area contributed by atoms with Crippen LogP contribution in [0.25, 0.3) is 17.2 Å². The summed E-state index contributed by atoms with van der Waals surface area (Å²) in [6.07, 6.45) is 1.93. The van der Waals surface area contributed by atoms with E-state index in [1.807, 2.05) is 18.4 Å². The van der Waals surface area contributed by atoms with Crippen molar-refractivity contribution in [2.75, 3.05) is 19.5 Å². The Labute approximate surface area is 141 Å². The first-order chi connectivity index (χ1) is 11.3. The van der Waals surface area contributed by atoms with Gasteiger partial charge in [0.1, 0.15) is 11.5 Å². The third-order valence-corrected chi connectivity index (χ3v) is 4.20. The highest BCUT2D eigenvalue weighted by molar-refractivity contribution is 7.85. The first-order valence-corrected chi connectivity index (χ1v) is 9.17. The number of aromatic nitrogens is 1. The van der Waals surface area contributed by atoms with E-state index in [1.54, 1.807) is 31.4 Å². The van der Waals surface area contributed by atoms with Gasteiger partial charge in [-0.25, -0.2) is 8.42 Å². The van der Waals surface area contributed by atoms with E-state index >= 15 is 0 Å². The maximum Gasteiger partial charge on any atom is 0.377 e. The van der Waals surface area contributed by atoms with Crippen molar-refractivity contribution in [1.29, 1.82) is 0 Å². The molecule has 0 amide bonds. The highest BCUT2D eigenvalue weighted by atomic mass is 32.2. The highest BCUT2D eigenvalue weighted by Gasteiger charge is 2.22. The van der Waals surface area contributed by atoms with Crippen molar-refractivity contribution in [1.82, 2.24) is 0 Å². The summed E-state index contributed by atoms with van der Waals surface area (Å²) in [4.78, 5) is 0. The first-order valence-electron chi connectivity index (χ1n) is 7.59. The molecule has 0 N–H and O–H groups in total. The van der Waals surface area contributed by atoms with Crippen LogP contribution in [0, 0.1) is 0 Å². The number of rotatable bonds is 8. The summed E-state index contributed by atoms with van der Waals surface area (Å²) in [6, 6.07) is 5.36. The van der Waals surface area contributed by atoms with Gasteiger partial charge in [-0.3, -0.25) is 0 Å². The average Bonchev–Trinajstić information content (AvgIpc) is 2.83. The molecule has 1 heterocycles. The van der Waals surface area contributed by atoms with Crippen molar-refractivity contribution in [3.8, 4) is 5.75 Å². The molecule has 0 saturated heterocycles. The van der Waals surface area contributed by atoms with E-state index in [9.17, 15) is 13.0 Å². The third-order valence-electron chi connectivity index (χ3n) is 3.41. The van der Waals surface area contributed by atoms with Crippen LogP contribution in [0.4, 0.5) is 0 Å². The Balaban J connectivity index is 2.42. The SMILES string of the molecule is CCOC(C)=Cc1oc2ccc(OC)cc2[n+]1CCCS(=O)(=O)[O-]. The molecule has 0 fully saturated rings. The molecule has 0 atom stereocenters. The van der Waals surface area contributed by atoms with Crippen LogP contribution in [-0.2, 0) is 21.4 Å². The molecule has 0 aliphatic rings. The van der Waals surface area contributed by atoms with Gasteiger partial charge < -0.3 is 18.4 Å². The van der Waals surface area contributed by atoms with Crippen LogP contribution < -0.4 is 9.30 Å². The standard InChI is InChI=1S/C16H21NO6S/c1-4-22-12(2)10-16-17(8-5-9-24(18,19)20)14-11-13(21-3)6-7-15(14)23-16/h6-7,10-11H,4-5,8-9H2,1-3H3. The van der Waals surface area contributed by atoms with Crippen LogP contribution in [0.15, 0.2) is 28.4 Å². The number of oxazole rings is 1. The molecule has 132 valence electrons. The molecule has 0 radical (unpaired) electrons. The van der Waals surface area contributed by atoms with Crippen molar-refractivity contribution in [3.05, 3.63) is 29.8 Å². The number of allylic oxidation sites excluding steroid dienone is 1. The van der Waals surface area contributed by atoms with Crippen LogP contribution in [0.2, 0.25) is 0 Å². The zero-order chi connectivity index (χ0) is 17.7. The van der Waals surface area contributed by atoms with Gasteiger partial charge in [0.15, 0.2) is 6.54 Å². The molecule has 2 rings (SSSR count). The van der Waals surface area contributed by atoms with E-state index in [0.29, 0.717) is 36.1 Å². The largest absolute Gasteiger partial charge is 0.748 e. The Bertz CT molecular complexity index is 838. The Kier molecular flexibility index (Phi) is 5.84. The lowest BCUT2D eigenvalue weighted by Crippen LogP contribution is -2.36. The van der Waals surface area contributed by atoms with Gasteiger partial charge in [-0.1, -0.05) is 0 Å². The summed E-state index contributed by atoms with van der Waals surface area (Å²) in [5.41, 5.74) is 1.39. The third kappa shape index (κ3) is 4.72. The number of methoxy groups -OCH3 is 1. The molecule has 0 aliphatic carbocycles. The minimum Gasteiger partial charge on any atom is -0.748 e. The van der Waals surface area contributed by atoms with E-state index < -0.39 is 15.9 Å². The van der Waals surface area contributed by atoms with E-state index in [2.05, 4.69) is 0 Å². The van der Waals surface area contributed by atoms with Crippen molar-refractivity contribution in [2.24, 2.45) is 0 Å². The van der Waals surface area contributed by atoms with Crippen molar-refractivity contribution in [2.45, 2.75) is 26.8 Å². The van der Waals surface area contributed by atoms with E-state index in [-0.39, 0.29) is 6.42 Å². The van der Waals surface area contributed by atoms with Gasteiger partial charge in [0, 0.05) is 12.2 Å². The van der Waals surface area contributed by atoms with Crippen LogP contribution in [0.1, 0.15) is 26.2 Å². The maximum atomic E-state index is 10.8. The van der Waals surface area contributed by atoms with Gasteiger partial charge in [0.05, 0.1) is 36.0 Å². The molecule has 7 nitrogen and oxygen atoms in total. The van der Waals surface area contributed by atoms with E-state index in [0.717, 1.165) is 5.52 Å². The normalized spacial score (nSPS) is 12.6. The van der Waals surface area contributed by atoms with Gasteiger partial charge in [-0.2, -0.15) is 4.57 Å². The Hall–Kier alpha value is -2.06. The van der Waals surface area contributed by atoms with E-state index in [1.165, 1.54) is 0 Å². The fourth-order valence-electron chi connectivity index (χ4n) is 2.39. The minimum atomic E-state index is -4.25. The number of fused-ring (bicyclic) bond motifs is 1. The fourth-order valence-corrected chi connectivity index (χ4v) is 2.87. The molecular formula is C16H21NO6S. The number of ether oxygens (including phenoxy) is 2. The van der Waals surface area contributed by atoms with Crippen molar-refractivity contribution in [3.63, 3.8) is 0 Å². The second kappa shape index (κ2) is 7.67. The monoisotopic (exact) mass is 355 g/mol. The number of benzene rings is 1.